The van der Waals surface area contributed by atoms with Gasteiger partial charge in [-0.25, -0.2) is 0 Å². The summed E-state index contributed by atoms with van der Waals surface area (Å²) in [5, 5.41) is 0. The molecule has 2 unspecified atom stereocenters. The minimum Gasteiger partial charge on any atom is -0.359 e. The second kappa shape index (κ2) is 4.14. The van der Waals surface area contributed by atoms with Gasteiger partial charge in [-0.05, 0) is 25.1 Å². The highest BCUT2D eigenvalue weighted by Crippen LogP contribution is 2.35. The molecule has 2 heterocycles. The molecule has 3 N–H and O–H groups in total. The normalized spacial score (nSPS) is 28.5. The maximum atomic E-state index is 6.28. The highest BCUT2D eigenvalue weighted by atomic mass is 32.1. The Kier molecular flexibility index (Phi) is 2.75. The molecule has 5 heteroatoms. The molecule has 3 rings (SSSR count). The van der Waals surface area contributed by atoms with Crippen LogP contribution >= 0.6 is 12.2 Å². The van der Waals surface area contributed by atoms with Crippen LogP contribution in [0.25, 0.3) is 0 Å². The Hall–Kier alpha value is -0.810. The molecule has 0 amide bonds. The van der Waals surface area contributed by atoms with Crippen LogP contribution in [0.2, 0.25) is 0 Å². The molecule has 2 atom stereocenters. The summed E-state index contributed by atoms with van der Waals surface area (Å²) in [6.07, 6.45) is 5.88. The smallest absolute Gasteiger partial charge is 0.179 e. The number of imidazole rings is 1. The lowest BCUT2D eigenvalue weighted by Crippen LogP contribution is -2.36. The SMILES string of the molecule is CN1CCc2[nH]c(=S)n(C3CCCCC3N)c21. The first kappa shape index (κ1) is 11.3. The number of rotatable bonds is 1. The monoisotopic (exact) mass is 252 g/mol. The summed E-state index contributed by atoms with van der Waals surface area (Å²) >= 11 is 5.47. The molecular formula is C12H20N4S. The van der Waals surface area contributed by atoms with Gasteiger partial charge in [0.05, 0.1) is 11.7 Å². The van der Waals surface area contributed by atoms with Crippen molar-refractivity contribution in [1.29, 1.82) is 0 Å². The number of aromatic amines is 1. The zero-order valence-corrected chi connectivity index (χ0v) is 11.1. The lowest BCUT2D eigenvalue weighted by molar-refractivity contribution is 0.305. The molecule has 0 bridgehead atoms. The molecule has 2 aliphatic rings. The van der Waals surface area contributed by atoms with E-state index in [-0.39, 0.29) is 6.04 Å². The zero-order chi connectivity index (χ0) is 12.0. The molecule has 4 nitrogen and oxygen atoms in total. The van der Waals surface area contributed by atoms with Gasteiger partial charge < -0.3 is 15.6 Å². The number of nitrogens with two attached hydrogens (primary N) is 1. The van der Waals surface area contributed by atoms with Crippen LogP contribution < -0.4 is 10.6 Å². The van der Waals surface area contributed by atoms with E-state index in [1.165, 1.54) is 24.4 Å². The summed E-state index contributed by atoms with van der Waals surface area (Å²) in [5.74, 6) is 1.28. The average Bonchev–Trinajstić information content (AvgIpc) is 2.80. The van der Waals surface area contributed by atoms with E-state index in [2.05, 4.69) is 21.5 Å². The van der Waals surface area contributed by atoms with Gasteiger partial charge in [0, 0.05) is 26.1 Å². The third-order valence-electron chi connectivity index (χ3n) is 4.15. The molecule has 1 saturated carbocycles. The number of aromatic nitrogens is 2. The largest absolute Gasteiger partial charge is 0.359 e. The van der Waals surface area contributed by atoms with Crippen molar-refractivity contribution in [2.45, 2.75) is 44.2 Å². The van der Waals surface area contributed by atoms with Crippen LogP contribution in [0, 0.1) is 4.77 Å². The van der Waals surface area contributed by atoms with Crippen molar-refractivity contribution in [1.82, 2.24) is 9.55 Å². The predicted molar refractivity (Wildman–Crippen MR) is 72.1 cm³/mol. The lowest BCUT2D eigenvalue weighted by atomic mass is 9.91. The van der Waals surface area contributed by atoms with Crippen LogP contribution in [0.5, 0.6) is 0 Å². The molecule has 94 valence electrons. The standard InChI is InChI=1S/C12H20N4S/c1-15-7-6-9-11(15)16(12(17)14-9)10-5-3-2-4-8(10)13/h8,10H,2-7,13H2,1H3,(H,14,17). The van der Waals surface area contributed by atoms with Crippen molar-refractivity contribution in [2.24, 2.45) is 5.73 Å². The van der Waals surface area contributed by atoms with Crippen LogP contribution in [0.3, 0.4) is 0 Å². The van der Waals surface area contributed by atoms with Crippen LogP contribution in [-0.2, 0) is 6.42 Å². The van der Waals surface area contributed by atoms with E-state index in [0.29, 0.717) is 6.04 Å². The van der Waals surface area contributed by atoms with Gasteiger partial charge in [-0.1, -0.05) is 12.8 Å². The van der Waals surface area contributed by atoms with Crippen molar-refractivity contribution in [3.63, 3.8) is 0 Å². The number of nitrogens with zero attached hydrogens (tertiary/aromatic N) is 2. The van der Waals surface area contributed by atoms with Crippen LogP contribution in [0.1, 0.15) is 37.4 Å². The molecule has 0 aromatic carbocycles. The fraction of sp³-hybridized carbons (Fsp3) is 0.750. The van der Waals surface area contributed by atoms with Crippen molar-refractivity contribution in [2.75, 3.05) is 18.5 Å². The summed E-state index contributed by atoms with van der Waals surface area (Å²) in [7, 11) is 2.14. The number of hydrogen-bond acceptors (Lipinski definition) is 3. The van der Waals surface area contributed by atoms with E-state index in [1.807, 2.05) is 0 Å². The third-order valence-corrected chi connectivity index (χ3v) is 4.45. The zero-order valence-electron chi connectivity index (χ0n) is 10.3. The minimum atomic E-state index is 0.254. The molecule has 1 fully saturated rings. The molecule has 1 aromatic heterocycles. The Morgan fingerprint density at radius 3 is 2.88 bits per heavy atom. The summed E-state index contributed by atoms with van der Waals surface area (Å²) in [4.78, 5) is 5.65. The van der Waals surface area contributed by atoms with E-state index in [4.69, 9.17) is 18.0 Å². The highest BCUT2D eigenvalue weighted by Gasteiger charge is 2.30. The van der Waals surface area contributed by atoms with Gasteiger partial charge in [0.2, 0.25) is 0 Å². The molecule has 0 spiro atoms. The van der Waals surface area contributed by atoms with E-state index in [0.717, 1.165) is 30.6 Å². The summed E-state index contributed by atoms with van der Waals surface area (Å²) < 4.78 is 3.13. The minimum absolute atomic E-state index is 0.254. The maximum Gasteiger partial charge on any atom is 0.179 e. The van der Waals surface area contributed by atoms with Gasteiger partial charge in [-0.3, -0.25) is 4.57 Å². The average molecular weight is 252 g/mol. The maximum absolute atomic E-state index is 6.28. The molecular weight excluding hydrogens is 232 g/mol. The number of nitrogens with one attached hydrogen (secondary N) is 1. The first-order chi connectivity index (χ1) is 8.18. The molecule has 1 aromatic rings. The number of likely N-dealkylation sites (N-methyl/N-ethyl adjacent to an activating group) is 1. The number of fused-ring (bicyclic) bond motifs is 1. The van der Waals surface area contributed by atoms with Gasteiger partial charge in [0.1, 0.15) is 5.82 Å². The van der Waals surface area contributed by atoms with E-state index in [1.54, 1.807) is 0 Å². The molecule has 1 aliphatic carbocycles. The Balaban J connectivity index is 2.05. The van der Waals surface area contributed by atoms with Crippen LogP contribution in [0.4, 0.5) is 5.82 Å². The molecule has 0 radical (unpaired) electrons. The van der Waals surface area contributed by atoms with Gasteiger partial charge in [-0.2, -0.15) is 0 Å². The second-order valence-electron chi connectivity index (χ2n) is 5.29. The summed E-state index contributed by atoms with van der Waals surface area (Å²) in [6.45, 7) is 1.08. The first-order valence-corrected chi connectivity index (χ1v) is 6.89. The number of H-pyrrole nitrogens is 1. The topological polar surface area (TPSA) is 50.0 Å². The Morgan fingerprint density at radius 2 is 2.12 bits per heavy atom. The predicted octanol–water partition coefficient (Wildman–Crippen LogP) is 1.98. The van der Waals surface area contributed by atoms with Crippen LogP contribution in [-0.4, -0.2) is 29.2 Å². The van der Waals surface area contributed by atoms with Gasteiger partial charge in [0.15, 0.2) is 4.77 Å². The lowest BCUT2D eigenvalue weighted by Gasteiger charge is -2.32. The molecule has 0 saturated heterocycles. The Labute approximate surface area is 107 Å². The van der Waals surface area contributed by atoms with Crippen molar-refractivity contribution >= 4 is 18.0 Å². The van der Waals surface area contributed by atoms with Gasteiger partial charge in [0.25, 0.3) is 0 Å². The number of anilines is 1. The second-order valence-corrected chi connectivity index (χ2v) is 5.68. The quantitative estimate of drug-likeness (QED) is 0.751. The van der Waals surface area contributed by atoms with E-state index >= 15 is 0 Å². The van der Waals surface area contributed by atoms with Gasteiger partial charge in [-0.15, -0.1) is 0 Å². The van der Waals surface area contributed by atoms with Gasteiger partial charge >= 0.3 is 0 Å². The number of hydrogen-bond donors (Lipinski definition) is 2. The summed E-state index contributed by atoms with van der Waals surface area (Å²) in [5.41, 5.74) is 7.57. The first-order valence-electron chi connectivity index (χ1n) is 6.48. The third kappa shape index (κ3) is 1.72. The Morgan fingerprint density at radius 1 is 1.35 bits per heavy atom. The molecule has 1 aliphatic heterocycles. The van der Waals surface area contributed by atoms with Crippen molar-refractivity contribution in [3.8, 4) is 0 Å². The Bertz CT molecular complexity index is 475. The molecule has 17 heavy (non-hydrogen) atoms. The van der Waals surface area contributed by atoms with E-state index in [9.17, 15) is 0 Å². The van der Waals surface area contributed by atoms with Crippen molar-refractivity contribution in [3.05, 3.63) is 10.5 Å². The fourth-order valence-electron chi connectivity index (χ4n) is 3.23. The van der Waals surface area contributed by atoms with E-state index < -0.39 is 0 Å². The summed E-state index contributed by atoms with van der Waals surface area (Å²) in [6, 6.07) is 0.640. The van der Waals surface area contributed by atoms with Crippen molar-refractivity contribution < 1.29 is 0 Å². The van der Waals surface area contributed by atoms with Crippen LogP contribution in [0.15, 0.2) is 0 Å². The highest BCUT2D eigenvalue weighted by molar-refractivity contribution is 7.71. The fourth-order valence-corrected chi connectivity index (χ4v) is 3.57.